The van der Waals surface area contributed by atoms with Gasteiger partial charge in [0.2, 0.25) is 0 Å². The van der Waals surface area contributed by atoms with Crippen LogP contribution in [-0.4, -0.2) is 4.98 Å². The minimum atomic E-state index is 0.786. The molecule has 19 heavy (non-hydrogen) atoms. The highest BCUT2D eigenvalue weighted by Gasteiger charge is 2.09. The molecule has 98 valence electrons. The summed E-state index contributed by atoms with van der Waals surface area (Å²) >= 11 is 9.83. The van der Waals surface area contributed by atoms with Crippen LogP contribution in [0.2, 0.25) is 5.02 Å². The standard InChI is InChI=1S/C14H13ClN2S2/c1-9-17-10(8-18-9)6-16-7-13-14(15)11-4-2-3-5-12(11)19-13/h2-5,8,16H,6-7H2,1H3. The van der Waals surface area contributed by atoms with Gasteiger partial charge in [-0.1, -0.05) is 29.8 Å². The van der Waals surface area contributed by atoms with Gasteiger partial charge in [-0.15, -0.1) is 22.7 Å². The van der Waals surface area contributed by atoms with Crippen LogP contribution >= 0.6 is 34.3 Å². The van der Waals surface area contributed by atoms with E-state index >= 15 is 0 Å². The molecule has 0 atom stereocenters. The number of nitrogens with zero attached hydrogens (tertiary/aromatic N) is 1. The second-order valence-corrected chi connectivity index (χ2v) is 6.87. The Morgan fingerprint density at radius 2 is 2.11 bits per heavy atom. The van der Waals surface area contributed by atoms with E-state index in [4.69, 9.17) is 11.6 Å². The number of nitrogens with one attached hydrogen (secondary N) is 1. The average Bonchev–Trinajstić information content (AvgIpc) is 2.96. The molecule has 0 aliphatic carbocycles. The Kier molecular flexibility index (Phi) is 3.84. The Balaban J connectivity index is 1.70. The van der Waals surface area contributed by atoms with Gasteiger partial charge < -0.3 is 5.32 Å². The molecule has 0 saturated carbocycles. The van der Waals surface area contributed by atoms with Gasteiger partial charge in [-0.25, -0.2) is 4.98 Å². The summed E-state index contributed by atoms with van der Waals surface area (Å²) in [4.78, 5) is 5.62. The molecule has 0 aliphatic rings. The van der Waals surface area contributed by atoms with Crippen molar-refractivity contribution in [1.29, 1.82) is 0 Å². The molecule has 2 heterocycles. The number of hydrogen-bond acceptors (Lipinski definition) is 4. The third-order valence-electron chi connectivity index (χ3n) is 2.86. The van der Waals surface area contributed by atoms with E-state index in [-0.39, 0.29) is 0 Å². The van der Waals surface area contributed by atoms with E-state index in [1.165, 1.54) is 9.58 Å². The normalized spacial score (nSPS) is 11.3. The van der Waals surface area contributed by atoms with Gasteiger partial charge in [-0.05, 0) is 13.0 Å². The molecule has 3 rings (SSSR count). The van der Waals surface area contributed by atoms with E-state index in [0.717, 1.165) is 34.2 Å². The smallest absolute Gasteiger partial charge is 0.0897 e. The summed E-state index contributed by atoms with van der Waals surface area (Å²) in [5.41, 5.74) is 1.10. The summed E-state index contributed by atoms with van der Waals surface area (Å²) in [6, 6.07) is 8.25. The van der Waals surface area contributed by atoms with Crippen molar-refractivity contribution >= 4 is 44.4 Å². The van der Waals surface area contributed by atoms with Gasteiger partial charge in [0, 0.05) is 33.4 Å². The van der Waals surface area contributed by atoms with Crippen molar-refractivity contribution in [1.82, 2.24) is 10.3 Å². The fraction of sp³-hybridized carbons (Fsp3) is 0.214. The van der Waals surface area contributed by atoms with Crippen LogP contribution in [0.1, 0.15) is 15.6 Å². The number of benzene rings is 1. The highest BCUT2D eigenvalue weighted by Crippen LogP contribution is 2.34. The van der Waals surface area contributed by atoms with Gasteiger partial charge in [-0.2, -0.15) is 0 Å². The van der Waals surface area contributed by atoms with Gasteiger partial charge in [0.05, 0.1) is 15.7 Å². The number of aromatic nitrogens is 1. The number of aryl methyl sites for hydroxylation is 1. The predicted octanol–water partition coefficient (Wildman–Crippen LogP) is 4.61. The first kappa shape index (κ1) is 13.1. The van der Waals surface area contributed by atoms with E-state index in [0.29, 0.717) is 0 Å². The van der Waals surface area contributed by atoms with E-state index in [2.05, 4.69) is 27.8 Å². The maximum atomic E-state index is 6.40. The number of hydrogen-bond donors (Lipinski definition) is 1. The molecule has 1 N–H and O–H groups in total. The van der Waals surface area contributed by atoms with Gasteiger partial charge in [0.25, 0.3) is 0 Å². The van der Waals surface area contributed by atoms with Crippen LogP contribution < -0.4 is 5.32 Å². The molecule has 2 nitrogen and oxygen atoms in total. The molecular weight excluding hydrogens is 296 g/mol. The van der Waals surface area contributed by atoms with Crippen LogP contribution in [0.3, 0.4) is 0 Å². The van der Waals surface area contributed by atoms with Crippen LogP contribution in [-0.2, 0) is 13.1 Å². The lowest BCUT2D eigenvalue weighted by Gasteiger charge is -2.00. The lowest BCUT2D eigenvalue weighted by Crippen LogP contribution is -2.12. The first-order valence-corrected chi connectivity index (χ1v) is 8.09. The van der Waals surface area contributed by atoms with E-state index in [1.54, 1.807) is 22.7 Å². The van der Waals surface area contributed by atoms with Crippen molar-refractivity contribution in [2.75, 3.05) is 0 Å². The van der Waals surface area contributed by atoms with Gasteiger partial charge in [0.1, 0.15) is 0 Å². The molecule has 0 spiro atoms. The van der Waals surface area contributed by atoms with E-state index in [9.17, 15) is 0 Å². The summed E-state index contributed by atoms with van der Waals surface area (Å²) < 4.78 is 1.24. The average molecular weight is 309 g/mol. The number of thiazole rings is 1. The Bertz CT molecular complexity index is 702. The fourth-order valence-electron chi connectivity index (χ4n) is 1.97. The largest absolute Gasteiger partial charge is 0.306 e. The zero-order chi connectivity index (χ0) is 13.2. The maximum absolute atomic E-state index is 6.40. The van der Waals surface area contributed by atoms with Crippen molar-refractivity contribution in [2.24, 2.45) is 0 Å². The Labute approximate surface area is 125 Å². The molecule has 0 radical (unpaired) electrons. The number of thiophene rings is 1. The molecule has 0 aliphatic heterocycles. The lowest BCUT2D eigenvalue weighted by molar-refractivity contribution is 0.689. The summed E-state index contributed by atoms with van der Waals surface area (Å²) in [6.45, 7) is 3.60. The summed E-state index contributed by atoms with van der Waals surface area (Å²) in [5.74, 6) is 0. The van der Waals surface area contributed by atoms with Crippen LogP contribution in [0.5, 0.6) is 0 Å². The van der Waals surface area contributed by atoms with E-state index in [1.807, 2.05) is 19.1 Å². The topological polar surface area (TPSA) is 24.9 Å². The van der Waals surface area contributed by atoms with Gasteiger partial charge >= 0.3 is 0 Å². The van der Waals surface area contributed by atoms with Crippen LogP contribution in [0.15, 0.2) is 29.6 Å². The highest BCUT2D eigenvalue weighted by molar-refractivity contribution is 7.19. The molecular formula is C14H13ClN2S2. The van der Waals surface area contributed by atoms with Crippen molar-refractivity contribution in [3.05, 3.63) is 50.2 Å². The second-order valence-electron chi connectivity index (χ2n) is 4.30. The highest BCUT2D eigenvalue weighted by atomic mass is 35.5. The zero-order valence-corrected chi connectivity index (χ0v) is 12.8. The Morgan fingerprint density at radius 3 is 2.84 bits per heavy atom. The number of rotatable bonds is 4. The minimum Gasteiger partial charge on any atom is -0.306 e. The third kappa shape index (κ3) is 2.82. The van der Waals surface area contributed by atoms with Crippen LogP contribution in [0.4, 0.5) is 0 Å². The quantitative estimate of drug-likeness (QED) is 0.761. The predicted molar refractivity (Wildman–Crippen MR) is 84.2 cm³/mol. The fourth-order valence-corrected chi connectivity index (χ4v) is 4.05. The first-order chi connectivity index (χ1) is 9.24. The minimum absolute atomic E-state index is 0.786. The monoisotopic (exact) mass is 308 g/mol. The summed E-state index contributed by atoms with van der Waals surface area (Å²) in [6.07, 6.45) is 0. The first-order valence-electron chi connectivity index (χ1n) is 6.01. The molecule has 5 heteroatoms. The molecule has 2 aromatic heterocycles. The van der Waals surface area contributed by atoms with Crippen LogP contribution in [0, 0.1) is 6.92 Å². The molecule has 0 fully saturated rings. The zero-order valence-electron chi connectivity index (χ0n) is 10.4. The number of fused-ring (bicyclic) bond motifs is 1. The van der Waals surface area contributed by atoms with Gasteiger partial charge in [-0.3, -0.25) is 0 Å². The van der Waals surface area contributed by atoms with Crippen molar-refractivity contribution < 1.29 is 0 Å². The Morgan fingerprint density at radius 1 is 1.26 bits per heavy atom. The summed E-state index contributed by atoms with van der Waals surface area (Å²) in [5, 5.41) is 8.63. The number of halogens is 1. The van der Waals surface area contributed by atoms with E-state index < -0.39 is 0 Å². The van der Waals surface area contributed by atoms with Crippen LogP contribution in [0.25, 0.3) is 10.1 Å². The molecule has 0 amide bonds. The van der Waals surface area contributed by atoms with Gasteiger partial charge in [0.15, 0.2) is 0 Å². The van der Waals surface area contributed by atoms with Crippen molar-refractivity contribution in [3.8, 4) is 0 Å². The maximum Gasteiger partial charge on any atom is 0.0897 e. The molecule has 0 saturated heterocycles. The summed E-state index contributed by atoms with van der Waals surface area (Å²) in [7, 11) is 0. The van der Waals surface area contributed by atoms with Crippen molar-refractivity contribution in [3.63, 3.8) is 0 Å². The lowest BCUT2D eigenvalue weighted by atomic mass is 10.2. The SMILES string of the molecule is Cc1nc(CNCc2sc3ccccc3c2Cl)cs1. The third-order valence-corrected chi connectivity index (χ3v) is 5.40. The molecule has 0 bridgehead atoms. The molecule has 1 aromatic carbocycles. The second kappa shape index (κ2) is 5.59. The van der Waals surface area contributed by atoms with Crippen molar-refractivity contribution in [2.45, 2.75) is 20.0 Å². The molecule has 0 unspecified atom stereocenters. The molecule has 3 aromatic rings. The Hall–Kier alpha value is -0.940.